The van der Waals surface area contributed by atoms with Crippen LogP contribution < -0.4 is 4.74 Å². The number of carboxylic acids is 1. The first-order valence-corrected chi connectivity index (χ1v) is 4.14. The molecule has 1 aromatic rings. The summed E-state index contributed by atoms with van der Waals surface area (Å²) < 4.78 is 5.27. The van der Waals surface area contributed by atoms with Crippen molar-refractivity contribution in [3.8, 4) is 5.75 Å². The summed E-state index contributed by atoms with van der Waals surface area (Å²) in [6, 6.07) is 3.56. The van der Waals surface area contributed by atoms with E-state index in [0.29, 0.717) is 5.75 Å². The molecule has 0 aromatic carbocycles. The number of carbonyl (C=O) groups is 1. The first-order chi connectivity index (χ1) is 6.70. The van der Waals surface area contributed by atoms with E-state index in [1.165, 1.54) is 6.08 Å². The molecule has 0 bridgehead atoms. The van der Waals surface area contributed by atoms with Crippen LogP contribution in [0, 0.1) is 6.92 Å². The summed E-state index contributed by atoms with van der Waals surface area (Å²) in [6.45, 7) is 2.06. The van der Waals surface area contributed by atoms with Crippen LogP contribution in [0.2, 0.25) is 0 Å². The van der Waals surface area contributed by atoms with Gasteiger partial charge in [0.25, 0.3) is 0 Å². The van der Waals surface area contributed by atoms with E-state index >= 15 is 0 Å². The molecule has 0 saturated heterocycles. The highest BCUT2D eigenvalue weighted by Crippen LogP contribution is 2.12. The minimum atomic E-state index is -0.975. The number of carboxylic acid groups (broad SMARTS) is 1. The fourth-order valence-corrected chi connectivity index (χ4v) is 0.909. The van der Waals surface area contributed by atoms with Crippen LogP contribution in [0.25, 0.3) is 0 Å². The second-order valence-electron chi connectivity index (χ2n) is 2.64. The molecule has 4 heteroatoms. The van der Waals surface area contributed by atoms with Crippen LogP contribution in [0.1, 0.15) is 5.69 Å². The maximum Gasteiger partial charge on any atom is 0.328 e. The zero-order valence-corrected chi connectivity index (χ0v) is 7.80. The van der Waals surface area contributed by atoms with Crippen LogP contribution in [-0.4, -0.2) is 22.7 Å². The third-order valence-electron chi connectivity index (χ3n) is 1.55. The molecule has 4 nitrogen and oxygen atoms in total. The number of ether oxygens (including phenoxy) is 1. The van der Waals surface area contributed by atoms with E-state index in [0.717, 1.165) is 11.8 Å². The van der Waals surface area contributed by atoms with Crippen molar-refractivity contribution in [1.82, 2.24) is 4.98 Å². The highest BCUT2D eigenvalue weighted by molar-refractivity contribution is 5.79. The summed E-state index contributed by atoms with van der Waals surface area (Å²) in [5.41, 5.74) is 0.788. The maximum atomic E-state index is 10.1. The number of hydrogen-bond acceptors (Lipinski definition) is 3. The standard InChI is InChI=1S/C10H11NO3/c1-8-9(4-2-6-11-8)14-7-3-5-10(12)13/h2-6H,7H2,1H3,(H,12,13)/b5-3+. The molecule has 0 aliphatic rings. The molecule has 1 N–H and O–H groups in total. The molecule has 1 aromatic heterocycles. The van der Waals surface area contributed by atoms with Gasteiger partial charge in [-0.15, -0.1) is 0 Å². The van der Waals surface area contributed by atoms with Crippen molar-refractivity contribution in [3.05, 3.63) is 36.2 Å². The number of pyridine rings is 1. The van der Waals surface area contributed by atoms with Gasteiger partial charge in [0.2, 0.25) is 0 Å². The molecular formula is C10H11NO3. The van der Waals surface area contributed by atoms with Crippen molar-refractivity contribution in [2.75, 3.05) is 6.61 Å². The molecule has 0 aliphatic carbocycles. The number of hydrogen-bond donors (Lipinski definition) is 1. The Morgan fingerprint density at radius 2 is 2.50 bits per heavy atom. The van der Waals surface area contributed by atoms with E-state index in [-0.39, 0.29) is 6.61 Å². The number of aromatic nitrogens is 1. The normalized spacial score (nSPS) is 10.4. The van der Waals surface area contributed by atoms with Crippen LogP contribution >= 0.6 is 0 Å². The summed E-state index contributed by atoms with van der Waals surface area (Å²) in [4.78, 5) is 14.2. The quantitative estimate of drug-likeness (QED) is 0.734. The Labute approximate surface area is 81.9 Å². The molecule has 0 aliphatic heterocycles. The van der Waals surface area contributed by atoms with E-state index in [1.54, 1.807) is 18.3 Å². The predicted octanol–water partition coefficient (Wildman–Crippen LogP) is 1.41. The lowest BCUT2D eigenvalue weighted by Gasteiger charge is -2.04. The molecule has 0 saturated carbocycles. The summed E-state index contributed by atoms with van der Waals surface area (Å²) in [7, 11) is 0. The van der Waals surface area contributed by atoms with Gasteiger partial charge in [0, 0.05) is 12.3 Å². The smallest absolute Gasteiger partial charge is 0.328 e. The summed E-state index contributed by atoms with van der Waals surface area (Å²) in [6.07, 6.45) is 4.16. The van der Waals surface area contributed by atoms with Crippen molar-refractivity contribution in [2.45, 2.75) is 6.92 Å². The fourth-order valence-electron chi connectivity index (χ4n) is 0.909. The second kappa shape index (κ2) is 5.01. The maximum absolute atomic E-state index is 10.1. The molecule has 0 fully saturated rings. The summed E-state index contributed by atoms with van der Waals surface area (Å²) in [5, 5.41) is 8.31. The first-order valence-electron chi connectivity index (χ1n) is 4.14. The molecule has 1 heterocycles. The van der Waals surface area contributed by atoms with Gasteiger partial charge in [-0.05, 0) is 25.1 Å². The minimum absolute atomic E-state index is 0.235. The van der Waals surface area contributed by atoms with E-state index in [4.69, 9.17) is 9.84 Å². The average Bonchev–Trinajstić information content (AvgIpc) is 2.15. The number of aliphatic carboxylic acids is 1. The van der Waals surface area contributed by atoms with Crippen molar-refractivity contribution in [3.63, 3.8) is 0 Å². The summed E-state index contributed by atoms with van der Waals surface area (Å²) in [5.74, 6) is -0.306. The van der Waals surface area contributed by atoms with Gasteiger partial charge in [-0.3, -0.25) is 4.98 Å². The van der Waals surface area contributed by atoms with Gasteiger partial charge in [-0.25, -0.2) is 4.79 Å². The highest BCUT2D eigenvalue weighted by Gasteiger charge is 1.96. The topological polar surface area (TPSA) is 59.4 Å². The minimum Gasteiger partial charge on any atom is -0.488 e. The highest BCUT2D eigenvalue weighted by atomic mass is 16.5. The van der Waals surface area contributed by atoms with Crippen molar-refractivity contribution < 1.29 is 14.6 Å². The van der Waals surface area contributed by atoms with Crippen LogP contribution in [0.5, 0.6) is 5.75 Å². The molecule has 1 rings (SSSR count). The molecule has 0 atom stereocenters. The Hall–Kier alpha value is -1.84. The Morgan fingerprint density at radius 1 is 1.71 bits per heavy atom. The lowest BCUT2D eigenvalue weighted by molar-refractivity contribution is -0.131. The van der Waals surface area contributed by atoms with Crippen molar-refractivity contribution >= 4 is 5.97 Å². The van der Waals surface area contributed by atoms with Gasteiger partial charge in [-0.2, -0.15) is 0 Å². The molecule has 0 radical (unpaired) electrons. The van der Waals surface area contributed by atoms with E-state index in [1.807, 2.05) is 6.92 Å². The largest absolute Gasteiger partial charge is 0.488 e. The zero-order chi connectivity index (χ0) is 10.4. The zero-order valence-electron chi connectivity index (χ0n) is 7.80. The van der Waals surface area contributed by atoms with Crippen molar-refractivity contribution in [2.24, 2.45) is 0 Å². The van der Waals surface area contributed by atoms with Crippen LogP contribution in [0.4, 0.5) is 0 Å². The van der Waals surface area contributed by atoms with Gasteiger partial charge in [0.05, 0.1) is 5.69 Å². The van der Waals surface area contributed by atoms with E-state index in [2.05, 4.69) is 4.98 Å². The first kappa shape index (κ1) is 10.2. The monoisotopic (exact) mass is 193 g/mol. The van der Waals surface area contributed by atoms with Gasteiger partial charge in [0.1, 0.15) is 12.4 Å². The Kier molecular flexibility index (Phi) is 3.67. The van der Waals surface area contributed by atoms with Crippen LogP contribution in [-0.2, 0) is 4.79 Å². The predicted molar refractivity (Wildman–Crippen MR) is 51.2 cm³/mol. The van der Waals surface area contributed by atoms with Gasteiger partial charge >= 0.3 is 5.97 Å². The van der Waals surface area contributed by atoms with Crippen molar-refractivity contribution in [1.29, 1.82) is 0 Å². The Balaban J connectivity index is 2.46. The van der Waals surface area contributed by atoms with Gasteiger partial charge in [0.15, 0.2) is 0 Å². The lowest BCUT2D eigenvalue weighted by atomic mass is 10.3. The Bertz CT molecular complexity index is 347. The SMILES string of the molecule is Cc1ncccc1OC/C=C/C(=O)O. The Morgan fingerprint density at radius 3 is 3.14 bits per heavy atom. The average molecular weight is 193 g/mol. The molecule has 14 heavy (non-hydrogen) atoms. The second-order valence-corrected chi connectivity index (χ2v) is 2.64. The number of nitrogens with zero attached hydrogens (tertiary/aromatic N) is 1. The molecule has 0 spiro atoms. The fraction of sp³-hybridized carbons (Fsp3) is 0.200. The lowest BCUT2D eigenvalue weighted by Crippen LogP contribution is -1.97. The number of rotatable bonds is 4. The molecule has 0 unspecified atom stereocenters. The van der Waals surface area contributed by atoms with Gasteiger partial charge in [-0.1, -0.05) is 0 Å². The molecular weight excluding hydrogens is 182 g/mol. The van der Waals surface area contributed by atoms with E-state index < -0.39 is 5.97 Å². The van der Waals surface area contributed by atoms with E-state index in [9.17, 15) is 4.79 Å². The third kappa shape index (κ3) is 3.26. The van der Waals surface area contributed by atoms with Gasteiger partial charge < -0.3 is 9.84 Å². The van der Waals surface area contributed by atoms with Crippen LogP contribution in [0.3, 0.4) is 0 Å². The summed E-state index contributed by atoms with van der Waals surface area (Å²) >= 11 is 0. The third-order valence-corrected chi connectivity index (χ3v) is 1.55. The van der Waals surface area contributed by atoms with Crippen LogP contribution in [0.15, 0.2) is 30.5 Å². The molecule has 74 valence electrons. The molecule has 0 amide bonds. The number of aryl methyl sites for hydroxylation is 1.